The number of rotatable bonds is 4. The molecule has 0 saturated carbocycles. The third kappa shape index (κ3) is 11.4. The van der Waals surface area contributed by atoms with Crippen molar-refractivity contribution in [1.29, 1.82) is 0 Å². The van der Waals surface area contributed by atoms with Gasteiger partial charge in [-0.05, 0) is 124 Å². The Labute approximate surface area is 323 Å². The van der Waals surface area contributed by atoms with Crippen LogP contribution in [0.3, 0.4) is 0 Å². The summed E-state index contributed by atoms with van der Waals surface area (Å²) in [5.41, 5.74) is 0.434. The largest absolute Gasteiger partial charge is 2.00 e. The number of hydrogen-bond donors (Lipinski definition) is 0. The predicted molar refractivity (Wildman–Crippen MR) is 180 cm³/mol. The van der Waals surface area contributed by atoms with Gasteiger partial charge in [-0.3, -0.25) is 0 Å². The second-order valence-corrected chi connectivity index (χ2v) is 24.3. The Morgan fingerprint density at radius 3 is 0.733 bits per heavy atom. The first-order valence-corrected chi connectivity index (χ1v) is 22.2. The average molecular weight is 871 g/mol. The molecule has 4 aromatic rings. The average Bonchev–Trinajstić information content (AvgIpc) is 2.88. The SMILES string of the molecule is Cc1cccc(S(c2cccc(C)c2C)=P([O-])([O-])[S-])c1C.Cc1cccc(S(c2cccc(C)c2C)=P([O-])([O-])[S-])c1C.[Zn+2].[Zn+2].[Zn+2]. The Kier molecular flexibility index (Phi) is 19.7. The van der Waals surface area contributed by atoms with Gasteiger partial charge in [0.1, 0.15) is 0 Å². The minimum Gasteiger partial charge on any atom is -0.853 e. The fraction of sp³-hybridized carbons (Fsp3) is 0.250. The Morgan fingerprint density at radius 2 is 0.578 bits per heavy atom. The zero-order valence-electron chi connectivity index (χ0n) is 27.2. The second-order valence-electron chi connectivity index (χ2n) is 10.3. The van der Waals surface area contributed by atoms with E-state index < -0.39 is 31.5 Å². The summed E-state index contributed by atoms with van der Waals surface area (Å²) in [6.45, 7) is 15.8. The molecule has 0 bridgehead atoms. The van der Waals surface area contributed by atoms with Crippen molar-refractivity contribution in [1.82, 2.24) is 0 Å². The maximum absolute atomic E-state index is 12.3. The summed E-state index contributed by atoms with van der Waals surface area (Å²) < 4.78 is 0. The summed E-state index contributed by atoms with van der Waals surface area (Å²) in [5, 5.41) is 0. The standard InChI is InChI=1S/2C16H18O2PS2.3Zn/c2*1-11-7-5-9-15(13(11)3)21(19(17,18)20)16-10-6-8-12(2)14(16)4;;;/h2*5-10H,1-4H3;;;/q2*-3;3*+2. The summed E-state index contributed by atoms with van der Waals surface area (Å²) in [4.78, 5) is 52.5. The Bertz CT molecular complexity index is 1520. The van der Waals surface area contributed by atoms with Gasteiger partial charge in [0.2, 0.25) is 0 Å². The van der Waals surface area contributed by atoms with Crippen LogP contribution in [0, 0.1) is 55.4 Å². The van der Waals surface area contributed by atoms with E-state index in [4.69, 9.17) is 24.5 Å². The number of hydrogen-bond acceptors (Lipinski definition) is 6. The molecule has 4 nitrogen and oxygen atoms in total. The van der Waals surface area contributed by atoms with E-state index in [1.165, 1.54) is 0 Å². The van der Waals surface area contributed by atoms with E-state index >= 15 is 0 Å². The van der Waals surface area contributed by atoms with Gasteiger partial charge < -0.3 is 55.5 Å². The van der Waals surface area contributed by atoms with Crippen LogP contribution in [0.4, 0.5) is 0 Å². The molecular formula is C32H36O4P2S4Zn3. The Morgan fingerprint density at radius 1 is 0.400 bits per heavy atom. The van der Waals surface area contributed by atoms with Gasteiger partial charge in [0, 0.05) is 19.6 Å². The summed E-state index contributed by atoms with van der Waals surface area (Å²) in [7, 11) is -2.19. The van der Waals surface area contributed by atoms with E-state index in [1.807, 2.05) is 128 Å². The monoisotopic (exact) mass is 866 g/mol. The van der Waals surface area contributed by atoms with E-state index in [2.05, 4.69) is 0 Å². The van der Waals surface area contributed by atoms with Gasteiger partial charge in [-0.25, -0.2) is 0 Å². The van der Waals surface area contributed by atoms with E-state index in [-0.39, 0.29) is 58.4 Å². The molecule has 0 aliphatic carbocycles. The molecular weight excluding hydrogens is 835 g/mol. The van der Waals surface area contributed by atoms with Gasteiger partial charge in [0.15, 0.2) is 0 Å². The molecule has 0 heterocycles. The third-order valence-corrected chi connectivity index (χ3v) is 19.6. The molecule has 0 saturated heterocycles. The molecule has 0 unspecified atom stereocenters. The molecule has 0 aromatic heterocycles. The molecule has 0 fully saturated rings. The van der Waals surface area contributed by atoms with Gasteiger partial charge in [-0.15, -0.1) is 0 Å². The first kappa shape index (κ1) is 45.9. The smallest absolute Gasteiger partial charge is 0.853 e. The number of aryl methyl sites for hydroxylation is 4. The zero-order valence-corrected chi connectivity index (χ0v) is 41.2. The van der Waals surface area contributed by atoms with Crippen molar-refractivity contribution < 1.29 is 78.0 Å². The zero-order chi connectivity index (χ0) is 31.6. The molecule has 0 spiro atoms. The van der Waals surface area contributed by atoms with Gasteiger partial charge in [0.25, 0.3) is 0 Å². The first-order valence-electron chi connectivity index (χ1n) is 13.3. The fourth-order valence-corrected chi connectivity index (χ4v) is 16.7. The van der Waals surface area contributed by atoms with Crippen molar-refractivity contribution in [2.24, 2.45) is 0 Å². The molecule has 4 aromatic carbocycles. The maximum Gasteiger partial charge on any atom is 2.00 e. The van der Waals surface area contributed by atoms with Crippen molar-refractivity contribution in [2.75, 3.05) is 0 Å². The summed E-state index contributed by atoms with van der Waals surface area (Å²) in [5.74, 6) is 0. The molecule has 0 aliphatic heterocycles. The van der Waals surface area contributed by atoms with Crippen LogP contribution in [0.1, 0.15) is 44.5 Å². The second kappa shape index (κ2) is 19.3. The van der Waals surface area contributed by atoms with Crippen LogP contribution in [0.2, 0.25) is 0 Å². The van der Waals surface area contributed by atoms with E-state index in [1.54, 1.807) is 0 Å². The summed E-state index contributed by atoms with van der Waals surface area (Å²) >= 11 is 9.78. The minimum absolute atomic E-state index is 0. The van der Waals surface area contributed by atoms with Crippen LogP contribution in [0.25, 0.3) is 0 Å². The molecule has 0 radical (unpaired) electrons. The van der Waals surface area contributed by atoms with Crippen molar-refractivity contribution in [3.63, 3.8) is 0 Å². The quantitative estimate of drug-likeness (QED) is 0.147. The predicted octanol–water partition coefficient (Wildman–Crippen LogP) is 5.80. The molecule has 13 heteroatoms. The Hall–Kier alpha value is 0.850. The van der Waals surface area contributed by atoms with Gasteiger partial charge in [0.05, 0.1) is 0 Å². The Balaban J connectivity index is 0.000000807. The number of benzene rings is 4. The topological polar surface area (TPSA) is 92.2 Å². The molecule has 0 amide bonds. The van der Waals surface area contributed by atoms with E-state index in [9.17, 15) is 19.6 Å². The van der Waals surface area contributed by atoms with Crippen molar-refractivity contribution in [3.8, 4) is 0 Å². The molecule has 228 valence electrons. The van der Waals surface area contributed by atoms with E-state index in [0.717, 1.165) is 64.1 Å². The van der Waals surface area contributed by atoms with Crippen LogP contribution in [-0.2, 0) is 103 Å². The molecule has 0 aliphatic rings. The first-order chi connectivity index (χ1) is 19.5. The van der Waals surface area contributed by atoms with Crippen LogP contribution >= 0.6 is 11.4 Å². The van der Waals surface area contributed by atoms with Crippen LogP contribution in [0.5, 0.6) is 0 Å². The van der Waals surface area contributed by atoms with Gasteiger partial charge in [-0.1, -0.05) is 48.5 Å². The van der Waals surface area contributed by atoms with Crippen LogP contribution in [0.15, 0.2) is 92.4 Å². The van der Waals surface area contributed by atoms with Crippen LogP contribution < -0.4 is 19.6 Å². The van der Waals surface area contributed by atoms with Crippen molar-refractivity contribution in [2.45, 2.75) is 75.0 Å². The summed E-state index contributed by atoms with van der Waals surface area (Å²) in [6, 6.07) is 23.1. The molecule has 0 N–H and O–H groups in total. The summed E-state index contributed by atoms with van der Waals surface area (Å²) in [6.07, 6.45) is 0. The van der Waals surface area contributed by atoms with Crippen molar-refractivity contribution in [3.05, 3.63) is 117 Å². The molecule has 0 atom stereocenters. The normalized spacial score (nSPS) is 11.2. The van der Waals surface area contributed by atoms with Gasteiger partial charge in [-0.2, -0.15) is 20.1 Å². The maximum atomic E-state index is 12.3. The molecule has 4 rings (SSSR count). The van der Waals surface area contributed by atoms with Crippen LogP contribution in [-0.4, -0.2) is 0 Å². The van der Waals surface area contributed by atoms with E-state index in [0.29, 0.717) is 0 Å². The van der Waals surface area contributed by atoms with Crippen molar-refractivity contribution >= 4 is 56.0 Å². The minimum atomic E-state index is -3.95. The third-order valence-electron chi connectivity index (χ3n) is 7.50. The molecule has 45 heavy (non-hydrogen) atoms. The van der Waals surface area contributed by atoms with Gasteiger partial charge >= 0.3 is 58.4 Å². The fourth-order valence-electron chi connectivity index (χ4n) is 4.45.